The summed E-state index contributed by atoms with van der Waals surface area (Å²) in [6, 6.07) is 11.3. The van der Waals surface area contributed by atoms with Gasteiger partial charge in [0, 0.05) is 15.3 Å². The third kappa shape index (κ3) is 2.62. The number of carbonyl (C=O) groups excluding carboxylic acids is 1. The van der Waals surface area contributed by atoms with Crippen LogP contribution in [0.3, 0.4) is 0 Å². The molecule has 0 radical (unpaired) electrons. The molecule has 0 unspecified atom stereocenters. The van der Waals surface area contributed by atoms with Crippen LogP contribution in [0.15, 0.2) is 41.8 Å². The highest BCUT2D eigenvalue weighted by molar-refractivity contribution is 7.20. The van der Waals surface area contributed by atoms with Crippen LogP contribution in [0, 0.1) is 0 Å². The van der Waals surface area contributed by atoms with E-state index in [0.717, 1.165) is 15.0 Å². The van der Waals surface area contributed by atoms with Gasteiger partial charge >= 0.3 is 5.97 Å². The van der Waals surface area contributed by atoms with Gasteiger partial charge in [0.1, 0.15) is 11.5 Å². The summed E-state index contributed by atoms with van der Waals surface area (Å²) in [5.74, 6) is -0.284. The second-order valence-corrected chi connectivity index (χ2v) is 6.18. The van der Waals surface area contributed by atoms with E-state index in [1.54, 1.807) is 11.3 Å². The van der Waals surface area contributed by atoms with E-state index >= 15 is 0 Å². The predicted octanol–water partition coefficient (Wildman–Crippen LogP) is 3.90. The third-order valence-corrected chi connectivity index (χ3v) is 4.61. The first-order valence-corrected chi connectivity index (χ1v) is 7.40. The van der Waals surface area contributed by atoms with Crippen molar-refractivity contribution in [1.29, 1.82) is 0 Å². The van der Waals surface area contributed by atoms with Crippen LogP contribution in [0.5, 0.6) is 0 Å². The van der Waals surface area contributed by atoms with Crippen LogP contribution >= 0.6 is 22.7 Å². The number of ether oxygens (including phenoxy) is 1. The maximum Gasteiger partial charge on any atom is 0.348 e. The SMILES string of the molecule is Nc1ccc2sc(C(=O)OCc3cccs3)cc2c1. The molecule has 3 rings (SSSR count). The number of nitrogen functional groups attached to an aromatic ring is 1. The highest BCUT2D eigenvalue weighted by Crippen LogP contribution is 2.28. The number of nitrogens with two attached hydrogens (primary N) is 1. The Bertz CT molecular complexity index is 716. The summed E-state index contributed by atoms with van der Waals surface area (Å²) >= 11 is 3.00. The summed E-state index contributed by atoms with van der Waals surface area (Å²) < 4.78 is 6.32. The van der Waals surface area contributed by atoms with E-state index in [4.69, 9.17) is 10.5 Å². The summed E-state index contributed by atoms with van der Waals surface area (Å²) in [5, 5.41) is 2.94. The largest absolute Gasteiger partial charge is 0.456 e. The quantitative estimate of drug-likeness (QED) is 0.587. The Morgan fingerprint density at radius 2 is 2.16 bits per heavy atom. The summed E-state index contributed by atoms with van der Waals surface area (Å²) in [6.45, 7) is 0.326. The molecule has 5 heteroatoms. The predicted molar refractivity (Wildman–Crippen MR) is 79.7 cm³/mol. The average molecular weight is 289 g/mol. The second-order valence-electron chi connectivity index (χ2n) is 4.06. The molecule has 2 aromatic heterocycles. The molecular formula is C14H11NO2S2. The molecule has 2 heterocycles. The van der Waals surface area contributed by atoms with E-state index in [2.05, 4.69) is 0 Å². The van der Waals surface area contributed by atoms with Crippen molar-refractivity contribution < 1.29 is 9.53 Å². The van der Waals surface area contributed by atoms with Gasteiger partial charge in [-0.25, -0.2) is 4.79 Å². The molecule has 0 bridgehead atoms. The fourth-order valence-electron chi connectivity index (χ4n) is 1.76. The van der Waals surface area contributed by atoms with Gasteiger partial charge in [0.15, 0.2) is 0 Å². The van der Waals surface area contributed by atoms with Crippen molar-refractivity contribution in [3.05, 3.63) is 51.5 Å². The molecule has 2 N–H and O–H groups in total. The van der Waals surface area contributed by atoms with Gasteiger partial charge in [-0.05, 0) is 41.1 Å². The zero-order chi connectivity index (χ0) is 13.2. The highest BCUT2D eigenvalue weighted by Gasteiger charge is 2.12. The molecule has 0 fully saturated rings. The molecule has 3 nitrogen and oxygen atoms in total. The topological polar surface area (TPSA) is 52.3 Å². The van der Waals surface area contributed by atoms with Crippen LogP contribution in [-0.4, -0.2) is 5.97 Å². The van der Waals surface area contributed by atoms with Crippen molar-refractivity contribution in [3.8, 4) is 0 Å². The summed E-state index contributed by atoms with van der Waals surface area (Å²) in [5.41, 5.74) is 6.42. The van der Waals surface area contributed by atoms with Gasteiger partial charge in [-0.15, -0.1) is 22.7 Å². The van der Waals surface area contributed by atoms with E-state index in [9.17, 15) is 4.79 Å². The van der Waals surface area contributed by atoms with Gasteiger partial charge in [-0.1, -0.05) is 6.07 Å². The molecule has 19 heavy (non-hydrogen) atoms. The lowest BCUT2D eigenvalue weighted by molar-refractivity contribution is 0.0483. The van der Waals surface area contributed by atoms with E-state index in [-0.39, 0.29) is 5.97 Å². The summed E-state index contributed by atoms with van der Waals surface area (Å²) in [6.07, 6.45) is 0. The average Bonchev–Trinajstić information content (AvgIpc) is 3.04. The fraction of sp³-hybridized carbons (Fsp3) is 0.0714. The molecule has 0 aliphatic rings. The fourth-order valence-corrected chi connectivity index (χ4v) is 3.32. The number of hydrogen-bond acceptors (Lipinski definition) is 5. The van der Waals surface area contributed by atoms with Crippen molar-refractivity contribution in [2.24, 2.45) is 0 Å². The second kappa shape index (κ2) is 5.03. The molecule has 1 aromatic carbocycles. The Morgan fingerprint density at radius 3 is 2.95 bits per heavy atom. The standard InChI is InChI=1S/C14H11NO2S2/c15-10-3-4-12-9(6-10)7-13(19-12)14(16)17-8-11-2-1-5-18-11/h1-7H,8,15H2. The van der Waals surface area contributed by atoms with Gasteiger partial charge in [-0.2, -0.15) is 0 Å². The number of anilines is 1. The van der Waals surface area contributed by atoms with Gasteiger partial charge in [0.25, 0.3) is 0 Å². The highest BCUT2D eigenvalue weighted by atomic mass is 32.1. The molecule has 0 aliphatic heterocycles. The number of thiophene rings is 2. The van der Waals surface area contributed by atoms with E-state index < -0.39 is 0 Å². The van der Waals surface area contributed by atoms with Gasteiger partial charge < -0.3 is 10.5 Å². The van der Waals surface area contributed by atoms with Gasteiger partial charge in [-0.3, -0.25) is 0 Å². The maximum absolute atomic E-state index is 12.0. The summed E-state index contributed by atoms with van der Waals surface area (Å²) in [7, 11) is 0. The molecule has 0 aliphatic carbocycles. The smallest absolute Gasteiger partial charge is 0.348 e. The lowest BCUT2D eigenvalue weighted by Crippen LogP contribution is -2.01. The first-order chi connectivity index (χ1) is 9.22. The van der Waals surface area contributed by atoms with Crippen LogP contribution in [0.1, 0.15) is 14.5 Å². The number of carbonyl (C=O) groups is 1. The maximum atomic E-state index is 12.0. The van der Waals surface area contributed by atoms with Crippen molar-refractivity contribution in [2.75, 3.05) is 5.73 Å². The molecule has 96 valence electrons. The number of hydrogen-bond donors (Lipinski definition) is 1. The molecule has 0 amide bonds. The number of rotatable bonds is 3. The number of benzene rings is 1. The van der Waals surface area contributed by atoms with E-state index in [1.807, 2.05) is 41.8 Å². The lowest BCUT2D eigenvalue weighted by Gasteiger charge is -1.99. The van der Waals surface area contributed by atoms with Gasteiger partial charge in [0.05, 0.1) is 0 Å². The molecule has 0 saturated heterocycles. The Balaban J connectivity index is 1.77. The number of esters is 1. The first kappa shape index (κ1) is 12.2. The minimum absolute atomic E-state index is 0.284. The van der Waals surface area contributed by atoms with Crippen LogP contribution in [0.2, 0.25) is 0 Å². The normalized spacial score (nSPS) is 10.7. The Kier molecular flexibility index (Phi) is 3.23. The molecule has 0 atom stereocenters. The zero-order valence-electron chi connectivity index (χ0n) is 9.96. The van der Waals surface area contributed by atoms with Crippen LogP contribution in [-0.2, 0) is 11.3 Å². The Morgan fingerprint density at radius 1 is 1.26 bits per heavy atom. The molecule has 3 aromatic rings. The molecule has 0 saturated carbocycles. The monoisotopic (exact) mass is 289 g/mol. The Labute approximate surface area is 118 Å². The molecule has 0 spiro atoms. The van der Waals surface area contributed by atoms with Crippen LogP contribution in [0.4, 0.5) is 5.69 Å². The zero-order valence-corrected chi connectivity index (χ0v) is 11.6. The van der Waals surface area contributed by atoms with Crippen LogP contribution in [0.25, 0.3) is 10.1 Å². The van der Waals surface area contributed by atoms with E-state index in [1.165, 1.54) is 11.3 Å². The lowest BCUT2D eigenvalue weighted by atomic mass is 10.2. The Hall–Kier alpha value is -1.85. The minimum Gasteiger partial charge on any atom is -0.456 e. The number of fused-ring (bicyclic) bond motifs is 1. The van der Waals surface area contributed by atoms with Crippen molar-refractivity contribution in [2.45, 2.75) is 6.61 Å². The van der Waals surface area contributed by atoms with E-state index in [0.29, 0.717) is 17.2 Å². The summed E-state index contributed by atoms with van der Waals surface area (Å²) in [4.78, 5) is 13.6. The van der Waals surface area contributed by atoms with Crippen LogP contribution < -0.4 is 5.73 Å². The third-order valence-electron chi connectivity index (χ3n) is 2.67. The van der Waals surface area contributed by atoms with Crippen molar-refractivity contribution >= 4 is 44.4 Å². The molecular weight excluding hydrogens is 278 g/mol. The minimum atomic E-state index is -0.284. The van der Waals surface area contributed by atoms with Gasteiger partial charge in [0.2, 0.25) is 0 Å². The first-order valence-electron chi connectivity index (χ1n) is 5.71. The van der Waals surface area contributed by atoms with Crippen molar-refractivity contribution in [3.63, 3.8) is 0 Å². The van der Waals surface area contributed by atoms with Crippen molar-refractivity contribution in [1.82, 2.24) is 0 Å².